The van der Waals surface area contributed by atoms with Gasteiger partial charge in [0.1, 0.15) is 0 Å². The molecule has 0 spiro atoms. The zero-order valence-electron chi connectivity index (χ0n) is 15.5. The molecule has 1 amide bonds. The molecule has 0 aromatic heterocycles. The number of hydrogen-bond donors (Lipinski definition) is 2. The molecule has 140 valence electrons. The number of benzene rings is 2. The Balaban J connectivity index is 2.12. The van der Waals surface area contributed by atoms with E-state index in [0.717, 1.165) is 12.1 Å². The van der Waals surface area contributed by atoms with Crippen molar-refractivity contribution in [2.24, 2.45) is 0 Å². The van der Waals surface area contributed by atoms with Crippen LogP contribution in [0, 0.1) is 13.8 Å². The fraction of sp³-hybridized carbons (Fsp3) is 0.316. The van der Waals surface area contributed by atoms with Crippen molar-refractivity contribution < 1.29 is 13.2 Å². The number of nitrogens with one attached hydrogen (secondary N) is 2. The van der Waals surface area contributed by atoms with Crippen LogP contribution in [0.3, 0.4) is 0 Å². The fourth-order valence-electron chi connectivity index (χ4n) is 2.34. The maximum absolute atomic E-state index is 12.5. The van der Waals surface area contributed by atoms with Gasteiger partial charge < -0.3 is 10.2 Å². The summed E-state index contributed by atoms with van der Waals surface area (Å²) in [5, 5.41) is 2.84. The molecule has 2 aromatic carbocycles. The zero-order valence-corrected chi connectivity index (χ0v) is 16.4. The summed E-state index contributed by atoms with van der Waals surface area (Å²) in [7, 11) is 0.206. The number of likely N-dealkylation sites (N-methyl/N-ethyl adjacent to an activating group) is 1. The summed E-state index contributed by atoms with van der Waals surface area (Å²) in [4.78, 5) is 14.3. The lowest BCUT2D eigenvalue weighted by Crippen LogP contribution is -2.31. The van der Waals surface area contributed by atoms with Crippen LogP contribution in [0.15, 0.2) is 47.4 Å². The van der Waals surface area contributed by atoms with Crippen LogP contribution in [0.2, 0.25) is 0 Å². The fourth-order valence-corrected chi connectivity index (χ4v) is 3.47. The van der Waals surface area contributed by atoms with Crippen molar-refractivity contribution in [3.05, 3.63) is 59.2 Å². The molecule has 6 nitrogen and oxygen atoms in total. The van der Waals surface area contributed by atoms with E-state index in [9.17, 15) is 13.2 Å². The number of sulfonamides is 1. The topological polar surface area (TPSA) is 78.5 Å². The second-order valence-corrected chi connectivity index (χ2v) is 8.19. The summed E-state index contributed by atoms with van der Waals surface area (Å²) >= 11 is 0. The average molecular weight is 375 g/mol. The minimum Gasteiger partial charge on any atom is -0.351 e. The molecule has 26 heavy (non-hydrogen) atoms. The first-order chi connectivity index (χ1) is 12.2. The first kappa shape index (κ1) is 19.9. The first-order valence-corrected chi connectivity index (χ1v) is 9.80. The molecule has 0 aliphatic carbocycles. The molecule has 0 aliphatic rings. The maximum atomic E-state index is 12.5. The van der Waals surface area contributed by atoms with Gasteiger partial charge in [-0.3, -0.25) is 9.52 Å². The molecule has 0 heterocycles. The van der Waals surface area contributed by atoms with Crippen molar-refractivity contribution in [2.75, 3.05) is 31.9 Å². The summed E-state index contributed by atoms with van der Waals surface area (Å²) in [6.45, 7) is 4.96. The smallest absolute Gasteiger partial charge is 0.261 e. The van der Waals surface area contributed by atoms with E-state index in [0.29, 0.717) is 23.4 Å². The van der Waals surface area contributed by atoms with Gasteiger partial charge in [-0.25, -0.2) is 8.42 Å². The average Bonchev–Trinajstić information content (AvgIpc) is 2.56. The van der Waals surface area contributed by atoms with Gasteiger partial charge in [-0.2, -0.15) is 0 Å². The SMILES string of the molecule is Cc1ccc(S(=O)(=O)Nc2ccc(C(=O)NCCN(C)C)cc2C)cc1. The van der Waals surface area contributed by atoms with E-state index < -0.39 is 10.0 Å². The van der Waals surface area contributed by atoms with Crippen LogP contribution in [0.1, 0.15) is 21.5 Å². The number of carbonyl (C=O) groups is 1. The van der Waals surface area contributed by atoms with Gasteiger partial charge >= 0.3 is 0 Å². The summed E-state index contributed by atoms with van der Waals surface area (Å²) in [5.74, 6) is -0.178. The minimum atomic E-state index is -3.67. The number of amides is 1. The molecule has 0 saturated carbocycles. The van der Waals surface area contributed by atoms with Crippen LogP contribution in [0.4, 0.5) is 5.69 Å². The molecule has 0 bridgehead atoms. The largest absolute Gasteiger partial charge is 0.351 e. The molecule has 2 N–H and O–H groups in total. The standard InChI is InChI=1S/C19H25N3O3S/c1-14-5-8-17(9-6-14)26(24,25)21-18-10-7-16(13-15(18)2)19(23)20-11-12-22(3)4/h5-10,13,21H,11-12H2,1-4H3,(H,20,23). The van der Waals surface area contributed by atoms with Crippen molar-refractivity contribution in [3.63, 3.8) is 0 Å². The second-order valence-electron chi connectivity index (χ2n) is 6.51. The lowest BCUT2D eigenvalue weighted by atomic mass is 10.1. The number of anilines is 1. The van der Waals surface area contributed by atoms with Gasteiger partial charge in [-0.05, 0) is 63.8 Å². The van der Waals surface area contributed by atoms with Crippen molar-refractivity contribution in [3.8, 4) is 0 Å². The van der Waals surface area contributed by atoms with E-state index in [1.54, 1.807) is 49.4 Å². The molecule has 0 atom stereocenters. The molecule has 0 fully saturated rings. The van der Waals surface area contributed by atoms with Crippen LogP contribution < -0.4 is 10.0 Å². The second kappa shape index (κ2) is 8.33. The Kier molecular flexibility index (Phi) is 6.39. The van der Waals surface area contributed by atoms with Gasteiger partial charge in [0.15, 0.2) is 0 Å². The lowest BCUT2D eigenvalue weighted by Gasteiger charge is -2.13. The van der Waals surface area contributed by atoms with Gasteiger partial charge in [-0.15, -0.1) is 0 Å². The predicted octanol–water partition coefficient (Wildman–Crippen LogP) is 2.40. The Morgan fingerprint density at radius 1 is 1.04 bits per heavy atom. The van der Waals surface area contributed by atoms with Gasteiger partial charge in [0.05, 0.1) is 10.6 Å². The van der Waals surface area contributed by atoms with Crippen LogP contribution in [-0.2, 0) is 10.0 Å². The maximum Gasteiger partial charge on any atom is 0.261 e. The third kappa shape index (κ3) is 5.31. The van der Waals surface area contributed by atoms with E-state index in [1.807, 2.05) is 25.9 Å². The predicted molar refractivity (Wildman–Crippen MR) is 104 cm³/mol. The third-order valence-electron chi connectivity index (χ3n) is 3.91. The molecule has 7 heteroatoms. The summed E-state index contributed by atoms with van der Waals surface area (Å²) < 4.78 is 27.6. The molecule has 0 radical (unpaired) electrons. The van der Waals surface area contributed by atoms with Crippen molar-refractivity contribution in [2.45, 2.75) is 18.7 Å². The summed E-state index contributed by atoms with van der Waals surface area (Å²) in [5.41, 5.74) is 2.63. The number of carbonyl (C=O) groups excluding carboxylic acids is 1. The Bertz CT molecular complexity index is 875. The van der Waals surface area contributed by atoms with Gasteiger partial charge in [0, 0.05) is 18.7 Å². The summed E-state index contributed by atoms with van der Waals surface area (Å²) in [6, 6.07) is 11.6. The van der Waals surface area contributed by atoms with Gasteiger partial charge in [0.2, 0.25) is 0 Å². The molecule has 0 aliphatic heterocycles. The highest BCUT2D eigenvalue weighted by atomic mass is 32.2. The third-order valence-corrected chi connectivity index (χ3v) is 5.29. The van der Waals surface area contributed by atoms with Crippen LogP contribution in [0.25, 0.3) is 0 Å². The number of nitrogens with zero attached hydrogens (tertiary/aromatic N) is 1. The monoisotopic (exact) mass is 375 g/mol. The first-order valence-electron chi connectivity index (χ1n) is 8.32. The van der Waals surface area contributed by atoms with Crippen LogP contribution in [0.5, 0.6) is 0 Å². The quantitative estimate of drug-likeness (QED) is 0.779. The number of aryl methyl sites for hydroxylation is 2. The molecular weight excluding hydrogens is 350 g/mol. The van der Waals surface area contributed by atoms with Gasteiger partial charge in [0.25, 0.3) is 15.9 Å². The molecule has 2 rings (SSSR count). The minimum absolute atomic E-state index is 0.178. The number of hydrogen-bond acceptors (Lipinski definition) is 4. The Labute approximate surface area is 155 Å². The molecule has 0 unspecified atom stereocenters. The highest BCUT2D eigenvalue weighted by Gasteiger charge is 2.16. The van der Waals surface area contributed by atoms with E-state index in [-0.39, 0.29) is 10.8 Å². The zero-order chi connectivity index (χ0) is 19.3. The Morgan fingerprint density at radius 2 is 1.69 bits per heavy atom. The molecule has 0 saturated heterocycles. The molecular formula is C19H25N3O3S. The molecule has 2 aromatic rings. The van der Waals surface area contributed by atoms with Gasteiger partial charge in [-0.1, -0.05) is 17.7 Å². The highest BCUT2D eigenvalue weighted by Crippen LogP contribution is 2.21. The summed E-state index contributed by atoms with van der Waals surface area (Å²) in [6.07, 6.45) is 0. The Morgan fingerprint density at radius 3 is 2.27 bits per heavy atom. The van der Waals surface area contributed by atoms with Crippen LogP contribution in [-0.4, -0.2) is 46.4 Å². The van der Waals surface area contributed by atoms with Crippen molar-refractivity contribution >= 4 is 21.6 Å². The highest BCUT2D eigenvalue weighted by molar-refractivity contribution is 7.92. The Hall–Kier alpha value is -2.38. The van der Waals surface area contributed by atoms with Crippen molar-refractivity contribution in [1.29, 1.82) is 0 Å². The van der Waals surface area contributed by atoms with E-state index in [4.69, 9.17) is 0 Å². The van der Waals surface area contributed by atoms with E-state index in [2.05, 4.69) is 10.0 Å². The van der Waals surface area contributed by atoms with Crippen LogP contribution >= 0.6 is 0 Å². The van der Waals surface area contributed by atoms with Crippen molar-refractivity contribution in [1.82, 2.24) is 10.2 Å². The number of rotatable bonds is 7. The normalized spacial score (nSPS) is 11.4. The van der Waals surface area contributed by atoms with E-state index >= 15 is 0 Å². The lowest BCUT2D eigenvalue weighted by molar-refractivity contribution is 0.0951. The van der Waals surface area contributed by atoms with E-state index in [1.165, 1.54) is 0 Å².